The molecule has 0 bridgehead atoms. The van der Waals surface area contributed by atoms with E-state index in [1.807, 2.05) is 14.1 Å². The molecule has 2 aliphatic rings. The molecular weight excluding hydrogens is 524 g/mol. The summed E-state index contributed by atoms with van der Waals surface area (Å²) in [6.45, 7) is 0. The number of nitrogens with zero attached hydrogens (tertiary/aromatic N) is 4. The molecular formula is C30H36N6O5. The van der Waals surface area contributed by atoms with Crippen molar-refractivity contribution in [3.63, 3.8) is 0 Å². The van der Waals surface area contributed by atoms with E-state index in [1.165, 1.54) is 30.2 Å². The number of amides is 1. The first-order chi connectivity index (χ1) is 19.8. The number of nitro groups is 1. The van der Waals surface area contributed by atoms with E-state index in [0.29, 0.717) is 17.4 Å². The van der Waals surface area contributed by atoms with Gasteiger partial charge in [0, 0.05) is 43.9 Å². The van der Waals surface area contributed by atoms with Gasteiger partial charge in [0.25, 0.3) is 11.6 Å². The van der Waals surface area contributed by atoms with Crippen LogP contribution in [-0.2, 0) is 12.8 Å². The van der Waals surface area contributed by atoms with E-state index in [4.69, 9.17) is 19.4 Å². The minimum atomic E-state index is -0.519. The molecule has 2 N–H and O–H groups in total. The van der Waals surface area contributed by atoms with Gasteiger partial charge in [-0.15, -0.1) is 0 Å². The zero-order chi connectivity index (χ0) is 28.9. The molecule has 0 saturated heterocycles. The first-order valence-corrected chi connectivity index (χ1v) is 14.1. The molecule has 1 saturated carbocycles. The number of carbonyl (C=O) groups is 1. The fourth-order valence-corrected chi connectivity index (χ4v) is 5.51. The van der Waals surface area contributed by atoms with E-state index < -0.39 is 10.8 Å². The van der Waals surface area contributed by atoms with Crippen LogP contribution < -0.4 is 25.0 Å². The van der Waals surface area contributed by atoms with Gasteiger partial charge in [0.1, 0.15) is 23.1 Å². The molecule has 1 aromatic heterocycles. The van der Waals surface area contributed by atoms with Crippen molar-refractivity contribution in [2.75, 3.05) is 31.4 Å². The molecule has 5 rings (SSSR count). The Labute approximate surface area is 239 Å². The number of aromatic nitrogens is 2. The number of hydrogen-bond acceptors (Lipinski definition) is 9. The van der Waals surface area contributed by atoms with Crippen molar-refractivity contribution in [1.29, 1.82) is 0 Å². The summed E-state index contributed by atoms with van der Waals surface area (Å²) in [5.74, 6) is 2.65. The number of benzene rings is 2. The van der Waals surface area contributed by atoms with Crippen molar-refractivity contribution in [1.82, 2.24) is 15.3 Å². The second-order valence-electron chi connectivity index (χ2n) is 10.8. The molecule has 1 heterocycles. The van der Waals surface area contributed by atoms with Crippen molar-refractivity contribution in [3.05, 3.63) is 69.4 Å². The van der Waals surface area contributed by atoms with E-state index >= 15 is 0 Å². The average molecular weight is 561 g/mol. The summed E-state index contributed by atoms with van der Waals surface area (Å²) in [6, 6.07) is 11.1. The van der Waals surface area contributed by atoms with Crippen molar-refractivity contribution >= 4 is 23.4 Å². The quantitative estimate of drug-likeness (QED) is 0.265. The molecule has 2 aliphatic carbocycles. The lowest BCUT2D eigenvalue weighted by Gasteiger charge is -2.30. The van der Waals surface area contributed by atoms with E-state index in [9.17, 15) is 14.9 Å². The molecule has 1 fully saturated rings. The van der Waals surface area contributed by atoms with E-state index in [1.54, 1.807) is 31.4 Å². The van der Waals surface area contributed by atoms with Crippen molar-refractivity contribution in [2.45, 2.75) is 63.5 Å². The largest absolute Gasteiger partial charge is 0.497 e. The first kappa shape index (κ1) is 28.1. The highest BCUT2D eigenvalue weighted by Gasteiger charge is 2.27. The van der Waals surface area contributed by atoms with Crippen LogP contribution in [0.5, 0.6) is 17.2 Å². The second kappa shape index (κ2) is 12.4. The summed E-state index contributed by atoms with van der Waals surface area (Å²) in [7, 11) is 5.61. The van der Waals surface area contributed by atoms with Crippen LogP contribution >= 0.6 is 0 Å². The molecule has 0 aliphatic heterocycles. The van der Waals surface area contributed by atoms with E-state index in [-0.39, 0.29) is 29.1 Å². The Hall–Kier alpha value is -4.41. The highest BCUT2D eigenvalue weighted by atomic mass is 16.6. The van der Waals surface area contributed by atoms with Gasteiger partial charge in [-0.1, -0.05) is 0 Å². The summed E-state index contributed by atoms with van der Waals surface area (Å²) in [5, 5.41) is 18.0. The van der Waals surface area contributed by atoms with Gasteiger partial charge in [0.2, 0.25) is 5.95 Å². The van der Waals surface area contributed by atoms with Crippen molar-refractivity contribution < 1.29 is 19.2 Å². The minimum Gasteiger partial charge on any atom is -0.497 e. The number of nitro benzene ring substituents is 1. The van der Waals surface area contributed by atoms with Crippen LogP contribution in [0.25, 0.3) is 0 Å². The smallest absolute Gasteiger partial charge is 0.270 e. The molecule has 216 valence electrons. The Morgan fingerprint density at radius 1 is 0.976 bits per heavy atom. The van der Waals surface area contributed by atoms with Gasteiger partial charge in [0.05, 0.1) is 23.3 Å². The fraction of sp³-hybridized carbons (Fsp3) is 0.433. The molecule has 3 aromatic rings. The number of rotatable bonds is 9. The number of nitrogens with one attached hydrogen (secondary N) is 2. The standard InChI is InChI=1S/C30H36N6O5/c1-35(2)28-24-6-4-5-7-26(24)33-30(34-28)32-20-10-8-19(9-11-20)31-29(37)25-18-21(36(38)39)12-17-27(25)41-23-15-13-22(40-3)14-16-23/h12-20H,4-11H2,1-3H3,(H,31,37)(H,32,33,34)/t19-,20+. The number of aryl methyl sites for hydroxylation is 1. The number of fused-ring (bicyclic) bond motifs is 1. The predicted octanol–water partition coefficient (Wildman–Crippen LogP) is 5.28. The van der Waals surface area contributed by atoms with Gasteiger partial charge >= 0.3 is 0 Å². The molecule has 2 aromatic carbocycles. The minimum absolute atomic E-state index is 0.0598. The van der Waals surface area contributed by atoms with Gasteiger partial charge in [-0.25, -0.2) is 4.98 Å². The maximum absolute atomic E-state index is 13.3. The van der Waals surface area contributed by atoms with Gasteiger partial charge in [-0.05, 0) is 81.7 Å². The van der Waals surface area contributed by atoms with Crippen LogP contribution in [0.4, 0.5) is 17.5 Å². The third-order valence-corrected chi connectivity index (χ3v) is 7.69. The Balaban J connectivity index is 1.23. The van der Waals surface area contributed by atoms with Gasteiger partial charge < -0.3 is 25.0 Å². The molecule has 0 unspecified atom stereocenters. The third-order valence-electron chi connectivity index (χ3n) is 7.69. The topological polar surface area (TPSA) is 132 Å². The zero-order valence-electron chi connectivity index (χ0n) is 23.7. The van der Waals surface area contributed by atoms with Gasteiger partial charge in [-0.3, -0.25) is 14.9 Å². The maximum atomic E-state index is 13.3. The molecule has 1 amide bonds. The molecule has 0 spiro atoms. The SMILES string of the molecule is COc1ccc(Oc2ccc([N+](=O)[O-])cc2C(=O)N[C@H]2CC[C@@H](Nc3nc4c(c(N(C)C)n3)CCCC4)CC2)cc1. The lowest BCUT2D eigenvalue weighted by atomic mass is 9.91. The van der Waals surface area contributed by atoms with Crippen LogP contribution in [0.3, 0.4) is 0 Å². The third kappa shape index (κ3) is 6.67. The summed E-state index contributed by atoms with van der Waals surface area (Å²) in [6.07, 6.45) is 7.53. The van der Waals surface area contributed by atoms with Crippen LogP contribution in [0.1, 0.15) is 60.1 Å². The second-order valence-corrected chi connectivity index (χ2v) is 10.8. The van der Waals surface area contributed by atoms with E-state index in [2.05, 4.69) is 15.5 Å². The summed E-state index contributed by atoms with van der Waals surface area (Å²) >= 11 is 0. The van der Waals surface area contributed by atoms with Crippen molar-refractivity contribution in [2.24, 2.45) is 0 Å². The van der Waals surface area contributed by atoms with Gasteiger partial charge in [0.15, 0.2) is 0 Å². The Bertz CT molecular complexity index is 1400. The fourth-order valence-electron chi connectivity index (χ4n) is 5.51. The summed E-state index contributed by atoms with van der Waals surface area (Å²) in [4.78, 5) is 36.0. The Morgan fingerprint density at radius 2 is 1.66 bits per heavy atom. The highest BCUT2D eigenvalue weighted by molar-refractivity contribution is 5.98. The highest BCUT2D eigenvalue weighted by Crippen LogP contribution is 2.32. The summed E-state index contributed by atoms with van der Waals surface area (Å²) in [5.41, 5.74) is 2.35. The Morgan fingerprint density at radius 3 is 2.34 bits per heavy atom. The number of ether oxygens (including phenoxy) is 2. The predicted molar refractivity (Wildman–Crippen MR) is 156 cm³/mol. The molecule has 11 nitrogen and oxygen atoms in total. The van der Waals surface area contributed by atoms with Crippen LogP contribution in [0.2, 0.25) is 0 Å². The summed E-state index contributed by atoms with van der Waals surface area (Å²) < 4.78 is 11.1. The lowest BCUT2D eigenvalue weighted by molar-refractivity contribution is -0.384. The number of carbonyl (C=O) groups excluding carboxylic acids is 1. The van der Waals surface area contributed by atoms with Crippen molar-refractivity contribution in [3.8, 4) is 17.2 Å². The number of anilines is 2. The molecule has 11 heteroatoms. The first-order valence-electron chi connectivity index (χ1n) is 14.1. The lowest BCUT2D eigenvalue weighted by Crippen LogP contribution is -2.40. The maximum Gasteiger partial charge on any atom is 0.270 e. The monoisotopic (exact) mass is 560 g/mol. The van der Waals surface area contributed by atoms with Crippen LogP contribution in [0.15, 0.2) is 42.5 Å². The van der Waals surface area contributed by atoms with Gasteiger partial charge in [-0.2, -0.15) is 4.98 Å². The Kier molecular flexibility index (Phi) is 8.51. The average Bonchev–Trinajstić information content (AvgIpc) is 2.98. The van der Waals surface area contributed by atoms with Crippen LogP contribution in [-0.4, -0.2) is 54.1 Å². The molecule has 0 radical (unpaired) electrons. The normalized spacial score (nSPS) is 18.1. The molecule has 41 heavy (non-hydrogen) atoms. The molecule has 0 atom stereocenters. The van der Waals surface area contributed by atoms with Crippen LogP contribution in [0, 0.1) is 10.1 Å². The van der Waals surface area contributed by atoms with E-state index in [0.717, 1.165) is 56.5 Å². The number of non-ortho nitro benzene ring substituents is 1. The zero-order valence-corrected chi connectivity index (χ0v) is 23.7. The number of methoxy groups -OCH3 is 1. The number of hydrogen-bond donors (Lipinski definition) is 2.